The summed E-state index contributed by atoms with van der Waals surface area (Å²) in [6.07, 6.45) is 4.33. The fraction of sp³-hybridized carbons (Fsp3) is 0.286. The SMILES string of the molecule is Cc1ccccc1C(=O)N1CCC([C@]2(c3cccnc3)NC(=O)N(Cc3ccc(F)cc3)C2=O)CC1. The normalized spacial score (nSPS) is 20.5. The zero-order valence-electron chi connectivity index (χ0n) is 20.0. The number of halogens is 1. The average Bonchev–Trinajstić information content (AvgIpc) is 3.16. The number of aromatic nitrogens is 1. The molecule has 2 aromatic carbocycles. The highest BCUT2D eigenvalue weighted by molar-refractivity contribution is 6.07. The number of aryl methyl sites for hydroxylation is 1. The van der Waals surface area contributed by atoms with Gasteiger partial charge in [0.05, 0.1) is 6.54 Å². The van der Waals surface area contributed by atoms with Crippen molar-refractivity contribution < 1.29 is 18.8 Å². The molecular formula is C28H27FN4O3. The minimum Gasteiger partial charge on any atom is -0.339 e. The number of benzene rings is 2. The molecular weight excluding hydrogens is 459 g/mol. The van der Waals surface area contributed by atoms with E-state index in [1.165, 1.54) is 17.0 Å². The number of carbonyl (C=O) groups is 3. The van der Waals surface area contributed by atoms with Crippen molar-refractivity contribution in [2.45, 2.75) is 31.8 Å². The third-order valence-electron chi connectivity index (χ3n) is 7.27. The molecule has 0 bridgehead atoms. The van der Waals surface area contributed by atoms with Crippen LogP contribution in [0, 0.1) is 18.7 Å². The smallest absolute Gasteiger partial charge is 0.325 e. The molecule has 2 fully saturated rings. The summed E-state index contributed by atoms with van der Waals surface area (Å²) in [6.45, 7) is 2.90. The molecule has 0 saturated carbocycles. The molecule has 5 rings (SSSR count). The van der Waals surface area contributed by atoms with Crippen molar-refractivity contribution >= 4 is 17.8 Å². The van der Waals surface area contributed by atoms with E-state index >= 15 is 0 Å². The van der Waals surface area contributed by atoms with E-state index < -0.39 is 11.6 Å². The first-order chi connectivity index (χ1) is 17.4. The predicted molar refractivity (Wildman–Crippen MR) is 131 cm³/mol. The maximum atomic E-state index is 14.0. The van der Waals surface area contributed by atoms with Gasteiger partial charge < -0.3 is 10.2 Å². The van der Waals surface area contributed by atoms with Crippen LogP contribution in [0.3, 0.4) is 0 Å². The second-order valence-corrected chi connectivity index (χ2v) is 9.38. The van der Waals surface area contributed by atoms with E-state index in [1.54, 1.807) is 36.7 Å². The highest BCUT2D eigenvalue weighted by Gasteiger charge is 2.57. The summed E-state index contributed by atoms with van der Waals surface area (Å²) in [7, 11) is 0. The predicted octanol–water partition coefficient (Wildman–Crippen LogP) is 4.03. The Balaban J connectivity index is 1.41. The van der Waals surface area contributed by atoms with Gasteiger partial charge >= 0.3 is 6.03 Å². The van der Waals surface area contributed by atoms with Gasteiger partial charge in [0.1, 0.15) is 5.82 Å². The van der Waals surface area contributed by atoms with E-state index in [1.807, 2.05) is 36.1 Å². The van der Waals surface area contributed by atoms with Gasteiger partial charge in [0, 0.05) is 36.6 Å². The maximum Gasteiger partial charge on any atom is 0.325 e. The van der Waals surface area contributed by atoms with Crippen LogP contribution in [0.5, 0.6) is 0 Å². The van der Waals surface area contributed by atoms with Crippen LogP contribution < -0.4 is 5.32 Å². The molecule has 0 unspecified atom stereocenters. The van der Waals surface area contributed by atoms with Crippen molar-refractivity contribution in [1.29, 1.82) is 0 Å². The number of amides is 4. The molecule has 2 aliphatic rings. The Hall–Kier alpha value is -4.07. The Kier molecular flexibility index (Phi) is 6.26. The first-order valence-electron chi connectivity index (χ1n) is 12.0. The van der Waals surface area contributed by atoms with E-state index in [0.29, 0.717) is 42.6 Å². The number of pyridine rings is 1. The maximum absolute atomic E-state index is 14.0. The van der Waals surface area contributed by atoms with Crippen molar-refractivity contribution in [1.82, 2.24) is 20.1 Å². The van der Waals surface area contributed by atoms with Crippen molar-refractivity contribution in [2.24, 2.45) is 5.92 Å². The molecule has 0 aliphatic carbocycles. The minimum absolute atomic E-state index is 0.0262. The van der Waals surface area contributed by atoms with Crippen LogP contribution in [-0.2, 0) is 16.9 Å². The Morgan fingerprint density at radius 1 is 1.06 bits per heavy atom. The van der Waals surface area contributed by atoms with Gasteiger partial charge in [-0.15, -0.1) is 0 Å². The van der Waals surface area contributed by atoms with E-state index in [4.69, 9.17) is 0 Å². The molecule has 2 saturated heterocycles. The van der Waals surface area contributed by atoms with Crippen molar-refractivity contribution in [3.8, 4) is 0 Å². The fourth-order valence-corrected chi connectivity index (χ4v) is 5.31. The standard InChI is InChI=1S/C28H27FN4O3/c1-19-5-2-3-7-24(19)25(34)32-15-12-21(13-16-32)28(22-6-4-14-30-17-22)26(35)33(27(36)31-28)18-20-8-10-23(29)11-9-20/h2-11,14,17,21H,12-13,15-16,18H2,1H3,(H,31,36)/t28-/m1/s1. The van der Waals surface area contributed by atoms with Crippen LogP contribution in [0.15, 0.2) is 73.1 Å². The van der Waals surface area contributed by atoms with Gasteiger partial charge in [0.15, 0.2) is 5.54 Å². The lowest BCUT2D eigenvalue weighted by atomic mass is 9.73. The molecule has 7 nitrogen and oxygen atoms in total. The highest BCUT2D eigenvalue weighted by atomic mass is 19.1. The molecule has 3 heterocycles. The molecule has 2 aliphatic heterocycles. The summed E-state index contributed by atoms with van der Waals surface area (Å²) in [5.74, 6) is -0.986. The minimum atomic E-state index is -1.27. The van der Waals surface area contributed by atoms with Crippen molar-refractivity contribution in [3.05, 3.63) is 101 Å². The second kappa shape index (κ2) is 9.53. The van der Waals surface area contributed by atoms with Crippen LogP contribution in [0.4, 0.5) is 9.18 Å². The van der Waals surface area contributed by atoms with Gasteiger partial charge in [0.25, 0.3) is 11.8 Å². The van der Waals surface area contributed by atoms with Gasteiger partial charge in [-0.05, 0) is 61.1 Å². The first-order valence-corrected chi connectivity index (χ1v) is 12.0. The van der Waals surface area contributed by atoms with Crippen molar-refractivity contribution in [3.63, 3.8) is 0 Å². The summed E-state index contributed by atoms with van der Waals surface area (Å²) in [5, 5.41) is 2.99. The molecule has 0 spiro atoms. The van der Waals surface area contributed by atoms with E-state index in [0.717, 1.165) is 5.56 Å². The number of hydrogen-bond donors (Lipinski definition) is 1. The molecule has 1 N–H and O–H groups in total. The molecule has 4 amide bonds. The summed E-state index contributed by atoms with van der Waals surface area (Å²) in [4.78, 5) is 47.4. The largest absolute Gasteiger partial charge is 0.339 e. The highest BCUT2D eigenvalue weighted by Crippen LogP contribution is 2.41. The topological polar surface area (TPSA) is 82.6 Å². The van der Waals surface area contributed by atoms with Crippen molar-refractivity contribution in [2.75, 3.05) is 13.1 Å². The Labute approximate surface area is 208 Å². The van der Waals surface area contributed by atoms with E-state index in [9.17, 15) is 18.8 Å². The third kappa shape index (κ3) is 4.12. The number of likely N-dealkylation sites (tertiary alicyclic amines) is 1. The van der Waals surface area contributed by atoms with Gasteiger partial charge in [-0.3, -0.25) is 19.5 Å². The fourth-order valence-electron chi connectivity index (χ4n) is 5.31. The molecule has 1 atom stereocenters. The molecule has 0 radical (unpaired) electrons. The second-order valence-electron chi connectivity index (χ2n) is 9.38. The lowest BCUT2D eigenvalue weighted by Gasteiger charge is -2.41. The Morgan fingerprint density at radius 2 is 1.78 bits per heavy atom. The average molecular weight is 487 g/mol. The van der Waals surface area contributed by atoms with Gasteiger partial charge in [-0.2, -0.15) is 0 Å². The zero-order chi connectivity index (χ0) is 25.3. The van der Waals surface area contributed by atoms with Crippen LogP contribution in [-0.4, -0.2) is 45.7 Å². The molecule has 3 aromatic rings. The number of imide groups is 1. The van der Waals surface area contributed by atoms with Crippen LogP contribution in [0.1, 0.15) is 39.9 Å². The molecule has 184 valence electrons. The van der Waals surface area contributed by atoms with Gasteiger partial charge in [0.2, 0.25) is 0 Å². The summed E-state index contributed by atoms with van der Waals surface area (Å²) < 4.78 is 13.4. The quantitative estimate of drug-likeness (QED) is 0.552. The third-order valence-corrected chi connectivity index (χ3v) is 7.27. The Bertz CT molecular complexity index is 1290. The van der Waals surface area contributed by atoms with Gasteiger partial charge in [-0.1, -0.05) is 36.4 Å². The monoisotopic (exact) mass is 486 g/mol. The summed E-state index contributed by atoms with van der Waals surface area (Å²) in [6, 6.07) is 16.3. The molecule has 1 aromatic heterocycles. The zero-order valence-corrected chi connectivity index (χ0v) is 20.0. The number of nitrogens with zero attached hydrogens (tertiary/aromatic N) is 3. The van der Waals surface area contributed by atoms with Crippen LogP contribution >= 0.6 is 0 Å². The lowest BCUT2D eigenvalue weighted by Crippen LogP contribution is -2.54. The lowest BCUT2D eigenvalue weighted by molar-refractivity contribution is -0.134. The number of nitrogens with one attached hydrogen (secondary N) is 1. The van der Waals surface area contributed by atoms with E-state index in [-0.39, 0.29) is 30.1 Å². The number of carbonyl (C=O) groups excluding carboxylic acids is 3. The number of piperidine rings is 1. The summed E-state index contributed by atoms with van der Waals surface area (Å²) >= 11 is 0. The van der Waals surface area contributed by atoms with Gasteiger partial charge in [-0.25, -0.2) is 9.18 Å². The Morgan fingerprint density at radius 3 is 2.44 bits per heavy atom. The molecule has 36 heavy (non-hydrogen) atoms. The number of rotatable bonds is 5. The number of hydrogen-bond acceptors (Lipinski definition) is 4. The first kappa shape index (κ1) is 23.7. The summed E-state index contributed by atoms with van der Waals surface area (Å²) in [5.41, 5.74) is 1.59. The number of urea groups is 1. The molecule has 8 heteroatoms. The van der Waals surface area contributed by atoms with E-state index in [2.05, 4.69) is 10.3 Å². The van der Waals surface area contributed by atoms with Crippen LogP contribution in [0.25, 0.3) is 0 Å². The van der Waals surface area contributed by atoms with Crippen LogP contribution in [0.2, 0.25) is 0 Å².